The molecule has 0 aliphatic heterocycles. The van der Waals surface area contributed by atoms with E-state index in [1.165, 1.54) is 25.1 Å². The Kier molecular flexibility index (Phi) is 5.34. The van der Waals surface area contributed by atoms with E-state index in [0.29, 0.717) is 4.47 Å². The molecule has 8 nitrogen and oxygen atoms in total. The summed E-state index contributed by atoms with van der Waals surface area (Å²) in [6.45, 7) is 1.51. The van der Waals surface area contributed by atoms with Crippen LogP contribution in [0.5, 0.6) is 0 Å². The lowest BCUT2D eigenvalue weighted by molar-refractivity contribution is 0.0698. The van der Waals surface area contributed by atoms with E-state index in [4.69, 9.17) is 5.11 Å². The molecule has 0 heterocycles. The number of nitrogens with one attached hydrogen (secondary N) is 2. The van der Waals surface area contributed by atoms with Crippen molar-refractivity contribution in [2.45, 2.75) is 6.92 Å². The highest BCUT2D eigenvalue weighted by Gasteiger charge is 2.19. The summed E-state index contributed by atoms with van der Waals surface area (Å²) in [5.41, 5.74) is -0.453. The molecule has 1 amide bonds. The molecule has 0 bridgehead atoms. The summed E-state index contributed by atoms with van der Waals surface area (Å²) < 4.78 is 31.7. The van der Waals surface area contributed by atoms with E-state index in [1.54, 1.807) is 4.72 Å². The molecule has 0 aliphatic carbocycles. The van der Waals surface area contributed by atoms with Crippen molar-refractivity contribution in [2.24, 2.45) is 0 Å². The van der Waals surface area contributed by atoms with Crippen LogP contribution in [0.15, 0.2) is 22.7 Å². The molecule has 10 heteroatoms. The summed E-state index contributed by atoms with van der Waals surface area (Å²) >= 11 is 3.09. The number of aromatic carboxylic acids is 1. The van der Waals surface area contributed by atoms with Crippen LogP contribution in [0.1, 0.15) is 17.3 Å². The van der Waals surface area contributed by atoms with E-state index < -0.39 is 22.3 Å². The maximum atomic E-state index is 11.6. The molecule has 1 aromatic carbocycles. The molecule has 0 fully saturated rings. The lowest BCUT2D eigenvalue weighted by Gasteiger charge is -2.11. The lowest BCUT2D eigenvalue weighted by Crippen LogP contribution is -2.36. The van der Waals surface area contributed by atoms with E-state index >= 15 is 0 Å². The SMILES string of the molecule is CCOC(=O)NS(=O)(=O)Nc1cc(Br)ccc1C(=O)O. The number of ether oxygens (including phenoxy) is 1. The van der Waals surface area contributed by atoms with Gasteiger partial charge < -0.3 is 9.84 Å². The molecule has 1 aromatic rings. The number of carbonyl (C=O) groups excluding carboxylic acids is 1. The van der Waals surface area contributed by atoms with Crippen LogP contribution in [-0.4, -0.2) is 32.2 Å². The molecule has 3 N–H and O–H groups in total. The molecule has 0 aromatic heterocycles. The number of carbonyl (C=O) groups is 2. The Morgan fingerprint density at radius 2 is 2.05 bits per heavy atom. The number of hydrogen-bond acceptors (Lipinski definition) is 5. The van der Waals surface area contributed by atoms with Crippen LogP contribution in [0.25, 0.3) is 0 Å². The lowest BCUT2D eigenvalue weighted by atomic mass is 10.2. The average molecular weight is 367 g/mol. The number of carboxylic acid groups (broad SMARTS) is 1. The molecule has 0 atom stereocenters. The highest BCUT2D eigenvalue weighted by atomic mass is 79.9. The van der Waals surface area contributed by atoms with Crippen molar-refractivity contribution < 1.29 is 27.9 Å². The van der Waals surface area contributed by atoms with E-state index in [0.717, 1.165) is 0 Å². The Hall–Kier alpha value is -1.81. The zero-order valence-electron chi connectivity index (χ0n) is 10.2. The van der Waals surface area contributed by atoms with Gasteiger partial charge in [-0.2, -0.15) is 8.42 Å². The summed E-state index contributed by atoms with van der Waals surface area (Å²) in [7, 11) is -4.29. The first-order chi connectivity index (χ1) is 9.25. The van der Waals surface area contributed by atoms with Crippen molar-refractivity contribution in [1.82, 2.24) is 4.72 Å². The molecule has 1 rings (SSSR count). The van der Waals surface area contributed by atoms with Crippen LogP contribution in [0, 0.1) is 0 Å². The van der Waals surface area contributed by atoms with Crippen molar-refractivity contribution in [1.29, 1.82) is 0 Å². The summed E-state index contributed by atoms with van der Waals surface area (Å²) in [4.78, 5) is 22.0. The maximum absolute atomic E-state index is 11.6. The van der Waals surface area contributed by atoms with Crippen molar-refractivity contribution >= 4 is 43.9 Å². The molecule has 20 heavy (non-hydrogen) atoms. The Labute approximate surface area is 123 Å². The summed E-state index contributed by atoms with van der Waals surface area (Å²) in [5, 5.41) is 8.96. The standard InChI is InChI=1S/C10H11BrN2O6S/c1-2-19-10(16)13-20(17,18)12-8-5-6(11)3-4-7(8)9(14)15/h3-5,12H,2H2,1H3,(H,13,16)(H,14,15). The minimum Gasteiger partial charge on any atom is -0.478 e. The summed E-state index contributed by atoms with van der Waals surface area (Å²) in [6.07, 6.45) is -1.16. The zero-order chi connectivity index (χ0) is 15.3. The van der Waals surface area contributed by atoms with Gasteiger partial charge in [-0.25, -0.2) is 14.3 Å². The third-order valence-corrected chi connectivity index (χ3v) is 3.37. The fourth-order valence-electron chi connectivity index (χ4n) is 1.23. The molecule has 110 valence electrons. The van der Waals surface area contributed by atoms with E-state index in [9.17, 15) is 18.0 Å². The van der Waals surface area contributed by atoms with Gasteiger partial charge in [-0.3, -0.25) is 4.72 Å². The number of halogens is 1. The van der Waals surface area contributed by atoms with Gasteiger partial charge in [0.05, 0.1) is 17.9 Å². The van der Waals surface area contributed by atoms with Gasteiger partial charge in [0.15, 0.2) is 0 Å². The molecular weight excluding hydrogens is 356 g/mol. The van der Waals surface area contributed by atoms with Gasteiger partial charge in [-0.05, 0) is 25.1 Å². The number of benzene rings is 1. The minimum absolute atomic E-state index is 0.00137. The second-order valence-corrected chi connectivity index (χ2v) is 5.75. The number of carboxylic acids is 1. The number of hydrogen-bond donors (Lipinski definition) is 3. The highest BCUT2D eigenvalue weighted by Crippen LogP contribution is 2.22. The largest absolute Gasteiger partial charge is 0.478 e. The average Bonchev–Trinajstić information content (AvgIpc) is 2.26. The Bertz CT molecular complexity index is 631. The van der Waals surface area contributed by atoms with Crippen LogP contribution in [-0.2, 0) is 14.9 Å². The minimum atomic E-state index is -4.29. The first-order valence-electron chi connectivity index (χ1n) is 5.25. The highest BCUT2D eigenvalue weighted by molar-refractivity contribution is 9.10. The van der Waals surface area contributed by atoms with Gasteiger partial charge in [0.25, 0.3) is 0 Å². The van der Waals surface area contributed by atoms with Crippen molar-refractivity contribution in [3.8, 4) is 0 Å². The Morgan fingerprint density at radius 3 is 2.60 bits per heavy atom. The van der Waals surface area contributed by atoms with Gasteiger partial charge >= 0.3 is 22.3 Å². The van der Waals surface area contributed by atoms with Gasteiger partial charge in [0.1, 0.15) is 0 Å². The van der Waals surface area contributed by atoms with Crippen molar-refractivity contribution in [3.63, 3.8) is 0 Å². The summed E-state index contributed by atoms with van der Waals surface area (Å²) in [5.74, 6) is -1.31. The third-order valence-electron chi connectivity index (χ3n) is 1.95. The fraction of sp³-hybridized carbons (Fsp3) is 0.200. The molecule has 0 saturated heterocycles. The zero-order valence-corrected chi connectivity index (χ0v) is 12.6. The van der Waals surface area contributed by atoms with Crippen LogP contribution in [0.2, 0.25) is 0 Å². The molecular formula is C10H11BrN2O6S. The monoisotopic (exact) mass is 366 g/mol. The topological polar surface area (TPSA) is 122 Å². The predicted molar refractivity (Wildman–Crippen MR) is 73.8 cm³/mol. The molecule has 0 aliphatic rings. The van der Waals surface area contributed by atoms with Gasteiger partial charge in [0.2, 0.25) is 0 Å². The number of rotatable bonds is 5. The number of amides is 1. The maximum Gasteiger partial charge on any atom is 0.422 e. The fourth-order valence-corrected chi connectivity index (χ4v) is 2.38. The van der Waals surface area contributed by atoms with Gasteiger partial charge in [-0.15, -0.1) is 0 Å². The van der Waals surface area contributed by atoms with Crippen LogP contribution >= 0.6 is 15.9 Å². The second-order valence-electron chi connectivity index (χ2n) is 3.42. The van der Waals surface area contributed by atoms with Crippen LogP contribution in [0.3, 0.4) is 0 Å². The van der Waals surface area contributed by atoms with Gasteiger partial charge in [-0.1, -0.05) is 15.9 Å². The van der Waals surface area contributed by atoms with E-state index in [1.807, 2.05) is 4.72 Å². The second kappa shape index (κ2) is 6.57. The normalized spacial score (nSPS) is 10.7. The number of anilines is 1. The molecule has 0 unspecified atom stereocenters. The predicted octanol–water partition coefficient (Wildman–Crippen LogP) is 1.55. The quantitative estimate of drug-likeness (QED) is 0.726. The smallest absolute Gasteiger partial charge is 0.422 e. The van der Waals surface area contributed by atoms with Crippen LogP contribution < -0.4 is 9.44 Å². The molecule has 0 radical (unpaired) electrons. The van der Waals surface area contributed by atoms with Crippen molar-refractivity contribution in [2.75, 3.05) is 11.3 Å². The van der Waals surface area contributed by atoms with E-state index in [-0.39, 0.29) is 17.9 Å². The van der Waals surface area contributed by atoms with Crippen LogP contribution in [0.4, 0.5) is 10.5 Å². The van der Waals surface area contributed by atoms with Gasteiger partial charge in [0, 0.05) is 4.47 Å². The molecule has 0 spiro atoms. The Morgan fingerprint density at radius 1 is 1.40 bits per heavy atom. The van der Waals surface area contributed by atoms with Crippen molar-refractivity contribution in [3.05, 3.63) is 28.2 Å². The first kappa shape index (κ1) is 16.2. The Balaban J connectivity index is 3.00. The first-order valence-corrected chi connectivity index (χ1v) is 7.53. The third kappa shape index (κ3) is 4.70. The van der Waals surface area contributed by atoms with E-state index in [2.05, 4.69) is 20.7 Å². The summed E-state index contributed by atoms with van der Waals surface area (Å²) in [6, 6.07) is 3.92. The molecule has 0 saturated carbocycles.